The highest BCUT2D eigenvalue weighted by atomic mass is 28.4. The molecule has 0 bridgehead atoms. The first-order valence-electron chi connectivity index (χ1n) is 7.32. The van der Waals surface area contributed by atoms with Gasteiger partial charge in [0.25, 0.3) is 0 Å². The van der Waals surface area contributed by atoms with Gasteiger partial charge < -0.3 is 23.7 Å². The third kappa shape index (κ3) is 7.39. The summed E-state index contributed by atoms with van der Waals surface area (Å²) in [4.78, 5) is 0. The lowest BCUT2D eigenvalue weighted by Crippen LogP contribution is -2.44. The van der Waals surface area contributed by atoms with Gasteiger partial charge in [0.1, 0.15) is 0 Å². The molecule has 2 N–H and O–H groups in total. The predicted octanol–water partition coefficient (Wildman–Crippen LogP) is 1.93. The Labute approximate surface area is 118 Å². The van der Waals surface area contributed by atoms with Crippen LogP contribution in [0.25, 0.3) is 0 Å². The molecule has 0 amide bonds. The molecular formula is C13H29NO4Si. The molecule has 0 radical (unpaired) electrons. The second-order valence-electron chi connectivity index (χ2n) is 4.99. The van der Waals surface area contributed by atoms with E-state index in [0.717, 1.165) is 32.1 Å². The summed E-state index contributed by atoms with van der Waals surface area (Å²) >= 11 is 0. The van der Waals surface area contributed by atoms with Gasteiger partial charge in [-0.25, -0.2) is 0 Å². The Kier molecular flexibility index (Phi) is 8.85. The average molecular weight is 291 g/mol. The number of unbranched alkanes of at least 4 members (excludes halogenated alkanes) is 3. The molecule has 1 saturated heterocycles. The Morgan fingerprint density at radius 2 is 1.79 bits per heavy atom. The van der Waals surface area contributed by atoms with Gasteiger partial charge in [-0.05, 0) is 25.8 Å². The normalized spacial score (nSPS) is 18.8. The van der Waals surface area contributed by atoms with Gasteiger partial charge in [0.15, 0.2) is 0 Å². The minimum absolute atomic E-state index is 0.564. The molecule has 1 aliphatic rings. The Balaban J connectivity index is 2.02. The maximum Gasteiger partial charge on any atom is 0.500 e. The molecule has 1 unspecified atom stereocenters. The summed E-state index contributed by atoms with van der Waals surface area (Å²) in [6.45, 7) is 2.34. The van der Waals surface area contributed by atoms with Crippen LogP contribution in [-0.4, -0.2) is 48.9 Å². The van der Waals surface area contributed by atoms with Crippen LogP contribution in [0.5, 0.6) is 0 Å². The molecule has 19 heavy (non-hydrogen) atoms. The van der Waals surface area contributed by atoms with Crippen LogP contribution in [-0.2, 0) is 18.0 Å². The predicted molar refractivity (Wildman–Crippen MR) is 77.0 cm³/mol. The molecule has 1 heterocycles. The second-order valence-corrected chi connectivity index (χ2v) is 7.96. The number of rotatable bonds is 13. The molecule has 6 heteroatoms. The van der Waals surface area contributed by atoms with Crippen LogP contribution in [0.15, 0.2) is 0 Å². The van der Waals surface area contributed by atoms with Crippen LogP contribution in [0.1, 0.15) is 38.5 Å². The summed E-state index contributed by atoms with van der Waals surface area (Å²) in [6.07, 6.45) is 7.43. The van der Waals surface area contributed by atoms with Crippen LogP contribution >= 0.6 is 0 Å². The van der Waals surface area contributed by atoms with E-state index >= 15 is 0 Å². The number of epoxide rings is 1. The van der Waals surface area contributed by atoms with Crippen LogP contribution in [0.4, 0.5) is 0 Å². The molecule has 1 fully saturated rings. The lowest BCUT2D eigenvalue weighted by Gasteiger charge is -2.26. The average Bonchev–Trinajstić information content (AvgIpc) is 3.26. The fraction of sp³-hybridized carbons (Fsp3) is 1.00. The molecule has 1 aliphatic heterocycles. The number of hydrogen-bond donors (Lipinski definition) is 1. The summed E-state index contributed by atoms with van der Waals surface area (Å²) in [7, 11) is 0.896. The van der Waals surface area contributed by atoms with Crippen molar-refractivity contribution in [2.45, 2.75) is 50.7 Å². The molecule has 0 aromatic heterocycles. The van der Waals surface area contributed by atoms with Gasteiger partial charge in [-0.2, -0.15) is 0 Å². The van der Waals surface area contributed by atoms with Crippen molar-refractivity contribution in [1.29, 1.82) is 0 Å². The first-order valence-corrected chi connectivity index (χ1v) is 9.25. The lowest BCUT2D eigenvalue weighted by molar-refractivity contribution is 0.0959. The van der Waals surface area contributed by atoms with Crippen molar-refractivity contribution in [3.8, 4) is 0 Å². The summed E-state index contributed by atoms with van der Waals surface area (Å²) in [5.41, 5.74) is 5.53. The van der Waals surface area contributed by atoms with Crippen molar-refractivity contribution in [3.63, 3.8) is 0 Å². The van der Waals surface area contributed by atoms with Gasteiger partial charge >= 0.3 is 8.80 Å². The molecule has 0 aromatic carbocycles. The fourth-order valence-corrected chi connectivity index (χ4v) is 4.13. The van der Waals surface area contributed by atoms with Gasteiger partial charge in [-0.3, -0.25) is 0 Å². The zero-order valence-corrected chi connectivity index (χ0v) is 13.4. The molecule has 0 aliphatic carbocycles. The largest absolute Gasteiger partial charge is 0.500 e. The van der Waals surface area contributed by atoms with E-state index < -0.39 is 8.80 Å². The van der Waals surface area contributed by atoms with Crippen LogP contribution in [0.2, 0.25) is 6.04 Å². The van der Waals surface area contributed by atoms with E-state index in [1.54, 1.807) is 14.2 Å². The molecule has 0 aromatic rings. The number of nitrogens with two attached hydrogens (primary N) is 1. The maximum atomic E-state index is 5.88. The summed E-state index contributed by atoms with van der Waals surface area (Å²) in [5.74, 6) is 0. The van der Waals surface area contributed by atoms with Crippen molar-refractivity contribution in [1.82, 2.24) is 0 Å². The zero-order valence-electron chi connectivity index (χ0n) is 12.4. The molecular weight excluding hydrogens is 262 g/mol. The molecule has 1 atom stereocenters. The first-order chi connectivity index (χ1) is 9.26. The fourth-order valence-electron chi connectivity index (χ4n) is 2.09. The van der Waals surface area contributed by atoms with Gasteiger partial charge in [0.2, 0.25) is 0 Å². The Bertz CT molecular complexity index is 223. The molecule has 1 rings (SSSR count). The SMILES string of the molecule is CO[Si](CCCN)(OC)OCCCCCCC1CO1. The van der Waals surface area contributed by atoms with E-state index in [-0.39, 0.29) is 0 Å². The summed E-state index contributed by atoms with van der Waals surface area (Å²) < 4.78 is 22.0. The van der Waals surface area contributed by atoms with E-state index in [9.17, 15) is 0 Å². The van der Waals surface area contributed by atoms with Gasteiger partial charge in [0, 0.05) is 26.9 Å². The van der Waals surface area contributed by atoms with Crippen LogP contribution in [0, 0.1) is 0 Å². The van der Waals surface area contributed by atoms with Crippen molar-refractivity contribution in [3.05, 3.63) is 0 Å². The van der Waals surface area contributed by atoms with Crippen molar-refractivity contribution in [2.24, 2.45) is 5.73 Å². The third-order valence-corrected chi connectivity index (χ3v) is 6.31. The highest BCUT2D eigenvalue weighted by molar-refractivity contribution is 6.60. The van der Waals surface area contributed by atoms with Crippen LogP contribution in [0.3, 0.4) is 0 Å². The third-order valence-electron chi connectivity index (χ3n) is 3.45. The molecule has 114 valence electrons. The van der Waals surface area contributed by atoms with E-state index in [1.165, 1.54) is 25.7 Å². The standard InChI is InChI=1S/C13H29NO4Si/c1-15-19(16-2,11-7-9-14)18-10-6-4-3-5-8-13-12-17-13/h13H,3-12,14H2,1-2H3. The topological polar surface area (TPSA) is 66.2 Å². The van der Waals surface area contributed by atoms with Gasteiger partial charge in [-0.1, -0.05) is 19.3 Å². The quantitative estimate of drug-likeness (QED) is 0.319. The Morgan fingerprint density at radius 3 is 2.37 bits per heavy atom. The van der Waals surface area contributed by atoms with E-state index in [4.69, 9.17) is 23.7 Å². The molecule has 0 saturated carbocycles. The number of hydrogen-bond acceptors (Lipinski definition) is 5. The highest BCUT2D eigenvalue weighted by Crippen LogP contribution is 2.19. The number of ether oxygens (including phenoxy) is 1. The van der Waals surface area contributed by atoms with Crippen molar-refractivity contribution < 1.29 is 18.0 Å². The van der Waals surface area contributed by atoms with Gasteiger partial charge in [-0.15, -0.1) is 0 Å². The zero-order chi connectivity index (χ0) is 14.0. The molecule has 0 spiro atoms. The first kappa shape index (κ1) is 17.1. The van der Waals surface area contributed by atoms with E-state index in [0.29, 0.717) is 12.6 Å². The van der Waals surface area contributed by atoms with E-state index in [1.807, 2.05) is 0 Å². The van der Waals surface area contributed by atoms with Crippen molar-refractivity contribution in [2.75, 3.05) is 34.0 Å². The highest BCUT2D eigenvalue weighted by Gasteiger charge is 2.37. The maximum absolute atomic E-state index is 5.88. The monoisotopic (exact) mass is 291 g/mol. The second kappa shape index (κ2) is 9.85. The summed E-state index contributed by atoms with van der Waals surface area (Å²) in [5, 5.41) is 0. The minimum Gasteiger partial charge on any atom is -0.377 e. The Hall–Kier alpha value is 0.0169. The van der Waals surface area contributed by atoms with Crippen molar-refractivity contribution >= 4 is 8.80 Å². The molecule has 5 nitrogen and oxygen atoms in total. The Morgan fingerprint density at radius 1 is 1.11 bits per heavy atom. The minimum atomic E-state index is -2.44. The van der Waals surface area contributed by atoms with E-state index in [2.05, 4.69) is 0 Å². The van der Waals surface area contributed by atoms with Gasteiger partial charge in [0.05, 0.1) is 12.7 Å². The summed E-state index contributed by atoms with van der Waals surface area (Å²) in [6, 6.07) is 0.801. The lowest BCUT2D eigenvalue weighted by atomic mass is 10.1. The van der Waals surface area contributed by atoms with Crippen LogP contribution < -0.4 is 5.73 Å². The smallest absolute Gasteiger partial charge is 0.377 e.